The maximum Gasteiger partial charge on any atom is 0.459 e. The summed E-state index contributed by atoms with van der Waals surface area (Å²) in [6, 6.07) is 18.1. The molecule has 1 aliphatic heterocycles. The smallest absolute Gasteiger partial charge is 0.459 e. The highest BCUT2D eigenvalue weighted by Crippen LogP contribution is 2.48. The fourth-order valence-corrected chi connectivity index (χ4v) is 7.63. The average molecular weight is 779 g/mol. The molecule has 0 spiro atoms. The minimum Gasteiger partial charge on any atom is -0.479 e. The molecule has 3 heterocycles. The molecule has 0 amide bonds. The van der Waals surface area contributed by atoms with Crippen LogP contribution in [0, 0.1) is 24.1 Å². The molecule has 6 rings (SSSR count). The van der Waals surface area contributed by atoms with Crippen molar-refractivity contribution < 1.29 is 37.0 Å². The molecule has 0 radical (unpaired) electrons. The molecule has 1 saturated heterocycles. The van der Waals surface area contributed by atoms with Gasteiger partial charge >= 0.3 is 13.7 Å². The molecule has 0 saturated carbocycles. The largest absolute Gasteiger partial charge is 0.479 e. The monoisotopic (exact) mass is 778 g/mol. The second-order valence-corrected chi connectivity index (χ2v) is 16.2. The van der Waals surface area contributed by atoms with Gasteiger partial charge in [-0.1, -0.05) is 90.1 Å². The van der Waals surface area contributed by atoms with Crippen LogP contribution < -0.4 is 19.7 Å². The predicted octanol–water partition coefficient (Wildman–Crippen LogP) is 8.77. The van der Waals surface area contributed by atoms with Gasteiger partial charge in [-0.25, -0.2) is 13.9 Å². The molecule has 1 aliphatic rings. The summed E-state index contributed by atoms with van der Waals surface area (Å²) in [4.78, 5) is 26.9. The van der Waals surface area contributed by atoms with Gasteiger partial charge in [-0.05, 0) is 54.8 Å². The third-order valence-corrected chi connectivity index (χ3v) is 10.3. The number of halogens is 1. The number of carbonyl (C=O) groups is 1. The van der Waals surface area contributed by atoms with Gasteiger partial charge in [-0.3, -0.25) is 13.9 Å². The Morgan fingerprint density at radius 2 is 1.76 bits per heavy atom. The molecule has 5 atom stereocenters. The predicted molar refractivity (Wildman–Crippen MR) is 211 cm³/mol. The first-order chi connectivity index (χ1) is 26.2. The maximum atomic E-state index is 14.5. The zero-order chi connectivity index (χ0) is 39.9. The van der Waals surface area contributed by atoms with Gasteiger partial charge < -0.3 is 24.1 Å². The second-order valence-electron chi connectivity index (χ2n) is 14.5. The normalized spacial score (nSPS) is 18.6. The minimum atomic E-state index is -4.19. The minimum absolute atomic E-state index is 0.0334. The van der Waals surface area contributed by atoms with E-state index in [4.69, 9.17) is 33.2 Å². The summed E-state index contributed by atoms with van der Waals surface area (Å²) in [5.74, 6) is 0.636. The Labute approximate surface area is 321 Å². The Morgan fingerprint density at radius 3 is 2.47 bits per heavy atom. The zero-order valence-electron chi connectivity index (χ0n) is 33.0. The average Bonchev–Trinajstić information content (AvgIpc) is 3.70. The Kier molecular flexibility index (Phi) is 13.5. The molecule has 2 N–H and O–H groups in total. The standard InChI is InChI=1S/C38H46FN6O7P.C2H6/c1-23-19-29(51-35(23)45-25(3)41-32-33(45)42-37(43-34(32)48-7)40-20-26-15-17-28(39)18-16-26)21-50-53(47,44-24(2)36(46)49-22-38(4,5)6)52-31-14-10-12-27-11-8-9-13-30(27)31;1-2/h8-18,23-24,29,35H,19-22H2,1-7H3,(H,44,47)(H,40,42,43);1-2H3. The Hall–Kier alpha value is -4.62. The van der Waals surface area contributed by atoms with E-state index in [0.717, 1.165) is 16.3 Å². The molecule has 3 aromatic carbocycles. The van der Waals surface area contributed by atoms with E-state index in [-0.39, 0.29) is 36.2 Å². The molecule has 0 aliphatic carbocycles. The van der Waals surface area contributed by atoms with Gasteiger partial charge in [0.25, 0.3) is 0 Å². The number of ether oxygens (including phenoxy) is 3. The Balaban J connectivity index is 0.00000285. The summed E-state index contributed by atoms with van der Waals surface area (Å²) in [6.45, 7) is 15.8. The molecule has 5 aromatic rings. The molecule has 13 nitrogen and oxygen atoms in total. The number of aromatic nitrogens is 4. The van der Waals surface area contributed by atoms with Gasteiger partial charge in [0.15, 0.2) is 11.2 Å². The van der Waals surface area contributed by atoms with Gasteiger partial charge in [-0.2, -0.15) is 15.1 Å². The fourth-order valence-electron chi connectivity index (χ4n) is 6.09. The lowest BCUT2D eigenvalue weighted by atomic mass is 9.99. The summed E-state index contributed by atoms with van der Waals surface area (Å²) in [6.07, 6.45) is -0.448. The quantitative estimate of drug-likeness (QED) is 0.0820. The highest BCUT2D eigenvalue weighted by Gasteiger charge is 2.39. The van der Waals surface area contributed by atoms with E-state index < -0.39 is 32.1 Å². The maximum absolute atomic E-state index is 14.5. The summed E-state index contributed by atoms with van der Waals surface area (Å²) in [5, 5.41) is 7.62. The number of carbonyl (C=O) groups excluding carboxylic acids is 1. The number of hydrogen-bond donors (Lipinski definition) is 2. The number of nitrogens with one attached hydrogen (secondary N) is 2. The van der Waals surface area contributed by atoms with Crippen molar-refractivity contribution in [2.75, 3.05) is 25.6 Å². The van der Waals surface area contributed by atoms with Crippen molar-refractivity contribution in [3.63, 3.8) is 0 Å². The molecule has 0 bridgehead atoms. The van der Waals surface area contributed by atoms with Gasteiger partial charge in [0.1, 0.15) is 29.7 Å². The van der Waals surface area contributed by atoms with Crippen molar-refractivity contribution in [2.45, 2.75) is 86.7 Å². The molecule has 2 aromatic heterocycles. The number of aryl methyl sites for hydroxylation is 1. The van der Waals surface area contributed by atoms with Gasteiger partial charge in [0.05, 0.1) is 26.4 Å². The number of rotatable bonds is 14. The molecule has 55 heavy (non-hydrogen) atoms. The zero-order valence-corrected chi connectivity index (χ0v) is 33.9. The van der Waals surface area contributed by atoms with E-state index >= 15 is 0 Å². The van der Waals surface area contributed by atoms with Crippen LogP contribution in [0.25, 0.3) is 21.9 Å². The van der Waals surface area contributed by atoms with E-state index in [9.17, 15) is 13.8 Å². The van der Waals surface area contributed by atoms with E-state index in [1.807, 2.05) is 83.4 Å². The Bertz CT molecular complexity index is 2120. The Morgan fingerprint density at radius 1 is 1.05 bits per heavy atom. The van der Waals surface area contributed by atoms with Crippen LogP contribution in [-0.4, -0.2) is 58.0 Å². The van der Waals surface area contributed by atoms with Crippen LogP contribution >= 0.6 is 7.75 Å². The second kappa shape index (κ2) is 17.9. The van der Waals surface area contributed by atoms with Gasteiger partial charge in [0, 0.05) is 17.8 Å². The van der Waals surface area contributed by atoms with Crippen molar-refractivity contribution in [1.29, 1.82) is 0 Å². The highest BCUT2D eigenvalue weighted by atomic mass is 31.2. The topological polar surface area (TPSA) is 148 Å². The van der Waals surface area contributed by atoms with E-state index in [0.29, 0.717) is 41.7 Å². The number of imidazole rings is 1. The van der Waals surface area contributed by atoms with Crippen LogP contribution in [0.1, 0.15) is 72.5 Å². The fraction of sp³-hybridized carbons (Fsp3) is 0.450. The van der Waals surface area contributed by atoms with Gasteiger partial charge in [0.2, 0.25) is 11.8 Å². The summed E-state index contributed by atoms with van der Waals surface area (Å²) in [7, 11) is -2.68. The molecule has 5 unspecified atom stereocenters. The number of nitrogens with zero attached hydrogens (tertiary/aromatic N) is 4. The third-order valence-electron chi connectivity index (χ3n) is 8.70. The summed E-state index contributed by atoms with van der Waals surface area (Å²) >= 11 is 0. The van der Waals surface area contributed by atoms with E-state index in [2.05, 4.69) is 15.4 Å². The van der Waals surface area contributed by atoms with Crippen LogP contribution in [0.4, 0.5) is 10.3 Å². The number of esters is 1. The van der Waals surface area contributed by atoms with Gasteiger partial charge in [-0.15, -0.1) is 0 Å². The van der Waals surface area contributed by atoms with Crippen LogP contribution in [-0.2, 0) is 29.9 Å². The van der Waals surface area contributed by atoms with Crippen LogP contribution in [0.5, 0.6) is 11.6 Å². The van der Waals surface area contributed by atoms with E-state index in [1.165, 1.54) is 19.2 Å². The lowest BCUT2D eigenvalue weighted by Gasteiger charge is -2.25. The van der Waals surface area contributed by atoms with Crippen LogP contribution in [0.15, 0.2) is 66.7 Å². The molecular weight excluding hydrogens is 726 g/mol. The van der Waals surface area contributed by atoms with Crippen molar-refractivity contribution in [1.82, 2.24) is 24.6 Å². The molecule has 296 valence electrons. The third kappa shape index (κ3) is 10.4. The van der Waals surface area contributed by atoms with Crippen LogP contribution in [0.2, 0.25) is 0 Å². The first-order valence-corrected chi connectivity index (χ1v) is 20.1. The molecule has 1 fully saturated rings. The SMILES string of the molecule is CC.COc1nc(NCc2ccc(F)cc2)nc2c1nc(C)n2C1OC(COP(=O)(NC(C)C(=O)OCC(C)(C)C)Oc2cccc3ccccc23)CC1C. The van der Waals surface area contributed by atoms with Crippen molar-refractivity contribution in [3.8, 4) is 11.6 Å². The number of fused-ring (bicyclic) bond motifs is 2. The molecular formula is C40H52FN6O7P. The number of benzene rings is 3. The first kappa shape index (κ1) is 41.5. The van der Waals surface area contributed by atoms with Crippen molar-refractivity contribution >= 4 is 41.6 Å². The summed E-state index contributed by atoms with van der Waals surface area (Å²) < 4.78 is 59.7. The van der Waals surface area contributed by atoms with Crippen molar-refractivity contribution in [3.05, 3.63) is 83.9 Å². The van der Waals surface area contributed by atoms with E-state index in [1.54, 1.807) is 31.2 Å². The van der Waals surface area contributed by atoms with Crippen LogP contribution in [0.3, 0.4) is 0 Å². The first-order valence-electron chi connectivity index (χ1n) is 18.5. The molecule has 15 heteroatoms. The number of anilines is 1. The number of hydrogen-bond acceptors (Lipinski definition) is 11. The number of methoxy groups -OCH3 is 1. The van der Waals surface area contributed by atoms with Crippen molar-refractivity contribution in [2.24, 2.45) is 11.3 Å². The lowest BCUT2D eigenvalue weighted by molar-refractivity contribution is -0.148. The highest BCUT2D eigenvalue weighted by molar-refractivity contribution is 7.52. The lowest BCUT2D eigenvalue weighted by Crippen LogP contribution is -2.37. The summed E-state index contributed by atoms with van der Waals surface area (Å²) in [5.41, 5.74) is 1.57.